The van der Waals surface area contributed by atoms with Crippen LogP contribution in [0.15, 0.2) is 23.1 Å². The third kappa shape index (κ3) is 3.10. The third-order valence-electron chi connectivity index (χ3n) is 2.89. The molecule has 0 atom stereocenters. The van der Waals surface area contributed by atoms with E-state index in [2.05, 4.69) is 4.85 Å². The molecule has 6 nitrogen and oxygen atoms in total. The molecule has 1 heterocycles. The van der Waals surface area contributed by atoms with Crippen LogP contribution < -0.4 is 0 Å². The molecule has 0 N–H and O–H groups in total. The summed E-state index contributed by atoms with van der Waals surface area (Å²) in [4.78, 5) is 16.6. The molecule has 1 saturated heterocycles. The van der Waals surface area contributed by atoms with Crippen LogP contribution in [0.25, 0.3) is 4.85 Å². The molecule has 0 unspecified atom stereocenters. The first-order valence-electron chi connectivity index (χ1n) is 5.76. The molecule has 1 aromatic carbocycles. The number of halogens is 1. The van der Waals surface area contributed by atoms with Crippen molar-refractivity contribution in [3.05, 3.63) is 35.2 Å². The van der Waals surface area contributed by atoms with Crippen LogP contribution in [0.1, 0.15) is 10.4 Å². The van der Waals surface area contributed by atoms with Crippen molar-refractivity contribution in [2.45, 2.75) is 4.90 Å². The highest BCUT2D eigenvalue weighted by atomic mass is 35.7. The molecule has 0 bridgehead atoms. The molecular weight excluding hydrogens is 304 g/mol. The Kier molecular flexibility index (Phi) is 4.28. The zero-order valence-electron chi connectivity index (χ0n) is 10.4. The second-order valence-electron chi connectivity index (χ2n) is 4.14. The second-order valence-corrected chi connectivity index (χ2v) is 6.67. The normalized spacial score (nSPS) is 15.7. The summed E-state index contributed by atoms with van der Waals surface area (Å²) in [7, 11) is 1.22. The molecule has 0 radical (unpaired) electrons. The monoisotopic (exact) mass is 314 g/mol. The summed E-state index contributed by atoms with van der Waals surface area (Å²) in [5.41, 5.74) is 0.0945. The molecule has 0 aromatic heterocycles. The molecule has 1 aliphatic rings. The average Bonchev–Trinajstić information content (AvgIpc) is 2.46. The Morgan fingerprint density at radius 3 is 2.55 bits per heavy atom. The Balaban J connectivity index is 2.39. The first kappa shape index (κ1) is 14.8. The Bertz CT molecular complexity index is 675. The number of benzene rings is 1. The van der Waals surface area contributed by atoms with Crippen LogP contribution in [0.2, 0.25) is 0 Å². The number of hydrogen-bond acceptors (Lipinski definition) is 4. The lowest BCUT2D eigenvalue weighted by molar-refractivity contribution is 0.0303. The quantitative estimate of drug-likeness (QED) is 0.615. The van der Waals surface area contributed by atoms with Gasteiger partial charge in [0.1, 0.15) is 0 Å². The Hall–Kier alpha value is -1.62. The predicted molar refractivity (Wildman–Crippen MR) is 72.5 cm³/mol. The van der Waals surface area contributed by atoms with Gasteiger partial charge in [-0.15, -0.1) is 0 Å². The zero-order valence-corrected chi connectivity index (χ0v) is 11.9. The van der Waals surface area contributed by atoms with Crippen LogP contribution in [0.4, 0.5) is 5.69 Å². The van der Waals surface area contributed by atoms with Gasteiger partial charge in [0.05, 0.1) is 24.7 Å². The number of ether oxygens (including phenoxy) is 1. The fourth-order valence-electron chi connectivity index (χ4n) is 1.88. The van der Waals surface area contributed by atoms with Gasteiger partial charge in [-0.3, -0.25) is 4.79 Å². The lowest BCUT2D eigenvalue weighted by Crippen LogP contribution is -2.40. The van der Waals surface area contributed by atoms with Crippen LogP contribution in [0, 0.1) is 6.57 Å². The van der Waals surface area contributed by atoms with Crippen LogP contribution in [-0.2, 0) is 13.8 Å². The van der Waals surface area contributed by atoms with Gasteiger partial charge in [-0.05, 0) is 6.07 Å². The van der Waals surface area contributed by atoms with Gasteiger partial charge < -0.3 is 9.64 Å². The molecule has 20 heavy (non-hydrogen) atoms. The fraction of sp³-hybridized carbons (Fsp3) is 0.333. The number of carbonyl (C=O) groups is 1. The highest BCUT2D eigenvalue weighted by molar-refractivity contribution is 8.13. The van der Waals surface area contributed by atoms with Gasteiger partial charge in [0, 0.05) is 29.3 Å². The fourth-order valence-corrected chi connectivity index (χ4v) is 2.89. The summed E-state index contributed by atoms with van der Waals surface area (Å²) in [6.07, 6.45) is 0. The summed E-state index contributed by atoms with van der Waals surface area (Å²) in [5, 5.41) is 0. The first-order valence-corrected chi connectivity index (χ1v) is 8.07. The molecule has 1 aromatic rings. The Labute approximate surface area is 121 Å². The maximum atomic E-state index is 12.2. The van der Waals surface area contributed by atoms with E-state index in [1.54, 1.807) is 4.90 Å². The molecule has 0 aliphatic carbocycles. The zero-order chi connectivity index (χ0) is 14.8. The van der Waals surface area contributed by atoms with Crippen LogP contribution in [0.5, 0.6) is 0 Å². The van der Waals surface area contributed by atoms with Gasteiger partial charge in [-0.25, -0.2) is 13.3 Å². The van der Waals surface area contributed by atoms with E-state index in [1.807, 2.05) is 0 Å². The minimum absolute atomic E-state index is 0.0986. The van der Waals surface area contributed by atoms with Crippen LogP contribution in [-0.4, -0.2) is 45.5 Å². The standard InChI is InChI=1S/C12H11ClN2O4S/c1-14-10-3-2-9(8-11(10)20(13,17)18)12(16)15-4-6-19-7-5-15/h2-3,8H,4-7H2. The second kappa shape index (κ2) is 5.79. The summed E-state index contributed by atoms with van der Waals surface area (Å²) in [5.74, 6) is -0.300. The molecule has 1 aliphatic heterocycles. The molecule has 2 rings (SSSR count). The number of rotatable bonds is 2. The van der Waals surface area contributed by atoms with E-state index >= 15 is 0 Å². The maximum Gasteiger partial charge on any atom is 0.253 e. The average molecular weight is 315 g/mol. The predicted octanol–water partition coefficient (Wildman–Crippen LogP) is 1.64. The van der Waals surface area contributed by atoms with Crippen molar-refractivity contribution in [1.82, 2.24) is 4.90 Å². The highest BCUT2D eigenvalue weighted by Gasteiger charge is 2.22. The van der Waals surface area contributed by atoms with E-state index in [4.69, 9.17) is 22.0 Å². The maximum absolute atomic E-state index is 12.2. The van der Waals surface area contributed by atoms with Crippen molar-refractivity contribution in [2.75, 3.05) is 26.3 Å². The Morgan fingerprint density at radius 1 is 1.35 bits per heavy atom. The van der Waals surface area contributed by atoms with Gasteiger partial charge >= 0.3 is 0 Å². The minimum atomic E-state index is -4.07. The smallest absolute Gasteiger partial charge is 0.253 e. The summed E-state index contributed by atoms with van der Waals surface area (Å²) >= 11 is 0. The number of morpholine rings is 1. The largest absolute Gasteiger partial charge is 0.378 e. The first-order chi connectivity index (χ1) is 9.43. The van der Waals surface area contributed by atoms with E-state index < -0.39 is 9.05 Å². The van der Waals surface area contributed by atoms with Gasteiger partial charge in [-0.2, -0.15) is 0 Å². The van der Waals surface area contributed by atoms with E-state index in [0.717, 1.165) is 6.07 Å². The number of hydrogen-bond donors (Lipinski definition) is 0. The number of nitrogens with zero attached hydrogens (tertiary/aromatic N) is 2. The summed E-state index contributed by atoms with van der Waals surface area (Å²) in [6.45, 7) is 8.73. The number of amides is 1. The molecule has 0 saturated carbocycles. The molecule has 8 heteroatoms. The summed E-state index contributed by atoms with van der Waals surface area (Å²) in [6, 6.07) is 3.86. The van der Waals surface area contributed by atoms with Crippen molar-refractivity contribution in [3.8, 4) is 0 Å². The molecule has 106 valence electrons. The lowest BCUT2D eigenvalue weighted by atomic mass is 10.1. The lowest BCUT2D eigenvalue weighted by Gasteiger charge is -2.27. The van der Waals surface area contributed by atoms with Gasteiger partial charge in [0.2, 0.25) is 5.69 Å². The molecule has 0 spiro atoms. The van der Waals surface area contributed by atoms with E-state index in [0.29, 0.717) is 26.3 Å². The van der Waals surface area contributed by atoms with Gasteiger partial charge in [0.15, 0.2) is 0 Å². The van der Waals surface area contributed by atoms with E-state index in [9.17, 15) is 13.2 Å². The van der Waals surface area contributed by atoms with Crippen LogP contribution in [0.3, 0.4) is 0 Å². The van der Waals surface area contributed by atoms with Crippen molar-refractivity contribution < 1.29 is 17.9 Å². The van der Waals surface area contributed by atoms with Crippen LogP contribution >= 0.6 is 10.7 Å². The molecule has 1 amide bonds. The van der Waals surface area contributed by atoms with Gasteiger partial charge in [0.25, 0.3) is 15.0 Å². The molecular formula is C12H11ClN2O4S. The van der Waals surface area contributed by atoms with Crippen molar-refractivity contribution >= 4 is 31.3 Å². The summed E-state index contributed by atoms with van der Waals surface area (Å²) < 4.78 is 28.0. The van der Waals surface area contributed by atoms with Crippen molar-refractivity contribution in [3.63, 3.8) is 0 Å². The van der Waals surface area contributed by atoms with Gasteiger partial charge in [-0.1, -0.05) is 12.1 Å². The van der Waals surface area contributed by atoms with E-state index in [1.165, 1.54) is 12.1 Å². The Morgan fingerprint density at radius 2 is 2.00 bits per heavy atom. The van der Waals surface area contributed by atoms with Crippen molar-refractivity contribution in [2.24, 2.45) is 0 Å². The minimum Gasteiger partial charge on any atom is -0.378 e. The van der Waals surface area contributed by atoms with E-state index in [-0.39, 0.29) is 22.1 Å². The van der Waals surface area contributed by atoms with Crippen molar-refractivity contribution in [1.29, 1.82) is 0 Å². The topological polar surface area (TPSA) is 68.0 Å². The highest BCUT2D eigenvalue weighted by Crippen LogP contribution is 2.28. The number of carbonyl (C=O) groups excluding carboxylic acids is 1. The molecule has 1 fully saturated rings. The SMILES string of the molecule is [C-]#[N+]c1ccc(C(=O)N2CCOCC2)cc1S(=O)(=O)Cl. The third-order valence-corrected chi connectivity index (χ3v) is 4.24.